The number of aryl methyl sites for hydroxylation is 1. The molecule has 1 heterocycles. The Kier molecular flexibility index (Phi) is 2.68. The normalized spacial score (nSPS) is 20.4. The van der Waals surface area contributed by atoms with E-state index in [9.17, 15) is 0 Å². The van der Waals surface area contributed by atoms with Crippen molar-refractivity contribution < 1.29 is 0 Å². The van der Waals surface area contributed by atoms with Gasteiger partial charge in [0, 0.05) is 12.6 Å². The maximum Gasteiger partial charge on any atom is 0.166 e. The molecule has 3 heteroatoms. The lowest BCUT2D eigenvalue weighted by atomic mass is 10.0. The molecule has 1 aliphatic heterocycles. The van der Waals surface area contributed by atoms with Crippen LogP contribution < -0.4 is 10.6 Å². The molecule has 1 aromatic carbocycles. The zero-order valence-electron chi connectivity index (χ0n) is 8.21. The molecule has 0 amide bonds. The van der Waals surface area contributed by atoms with Crippen molar-refractivity contribution >= 4 is 17.3 Å². The molecule has 0 spiro atoms. The Morgan fingerprint density at radius 3 is 3.00 bits per heavy atom. The molecule has 1 aromatic rings. The first-order valence-electron chi connectivity index (χ1n) is 4.84. The van der Waals surface area contributed by atoms with Gasteiger partial charge in [-0.2, -0.15) is 0 Å². The van der Waals surface area contributed by atoms with Gasteiger partial charge in [0.05, 0.1) is 0 Å². The topological polar surface area (TPSA) is 24.1 Å². The number of hydrogen-bond donors (Lipinski definition) is 2. The third kappa shape index (κ3) is 2.23. The van der Waals surface area contributed by atoms with Gasteiger partial charge in [-0.25, -0.2) is 0 Å². The molecule has 1 saturated heterocycles. The maximum absolute atomic E-state index is 5.02. The molecule has 14 heavy (non-hydrogen) atoms. The molecule has 1 atom stereocenters. The van der Waals surface area contributed by atoms with E-state index >= 15 is 0 Å². The van der Waals surface area contributed by atoms with E-state index in [1.165, 1.54) is 11.1 Å². The summed E-state index contributed by atoms with van der Waals surface area (Å²) in [4.78, 5) is 0. The molecule has 0 aliphatic carbocycles. The Morgan fingerprint density at radius 1 is 1.50 bits per heavy atom. The molecule has 0 saturated carbocycles. The summed E-state index contributed by atoms with van der Waals surface area (Å²) in [5, 5.41) is 7.15. The van der Waals surface area contributed by atoms with Crippen LogP contribution in [0.3, 0.4) is 0 Å². The van der Waals surface area contributed by atoms with E-state index in [-0.39, 0.29) is 0 Å². The molecule has 1 fully saturated rings. The van der Waals surface area contributed by atoms with Crippen LogP contribution >= 0.6 is 12.2 Å². The molecular weight excluding hydrogens is 192 g/mol. The number of nitrogens with one attached hydrogen (secondary N) is 2. The van der Waals surface area contributed by atoms with Gasteiger partial charge in [-0.15, -0.1) is 0 Å². The van der Waals surface area contributed by atoms with Crippen molar-refractivity contribution in [1.29, 1.82) is 0 Å². The monoisotopic (exact) mass is 206 g/mol. The van der Waals surface area contributed by atoms with Crippen molar-refractivity contribution in [2.24, 2.45) is 0 Å². The summed E-state index contributed by atoms with van der Waals surface area (Å²) >= 11 is 5.02. The second kappa shape index (κ2) is 3.96. The van der Waals surface area contributed by atoms with Crippen LogP contribution in [-0.2, 0) is 6.42 Å². The van der Waals surface area contributed by atoms with Crippen LogP contribution in [0.15, 0.2) is 24.3 Å². The van der Waals surface area contributed by atoms with E-state index in [4.69, 9.17) is 12.2 Å². The zero-order chi connectivity index (χ0) is 9.97. The van der Waals surface area contributed by atoms with Gasteiger partial charge in [-0.3, -0.25) is 0 Å². The van der Waals surface area contributed by atoms with E-state index in [1.54, 1.807) is 0 Å². The van der Waals surface area contributed by atoms with Gasteiger partial charge in [0.25, 0.3) is 0 Å². The van der Waals surface area contributed by atoms with Gasteiger partial charge >= 0.3 is 0 Å². The highest BCUT2D eigenvalue weighted by molar-refractivity contribution is 7.80. The Morgan fingerprint density at radius 2 is 2.36 bits per heavy atom. The Bertz CT molecular complexity index is 349. The van der Waals surface area contributed by atoms with Crippen molar-refractivity contribution in [3.8, 4) is 0 Å². The van der Waals surface area contributed by atoms with E-state index in [0.717, 1.165) is 18.1 Å². The molecule has 1 unspecified atom stereocenters. The second-order valence-electron chi connectivity index (χ2n) is 3.74. The van der Waals surface area contributed by atoms with E-state index in [0.29, 0.717) is 6.04 Å². The predicted molar refractivity (Wildman–Crippen MR) is 62.4 cm³/mol. The van der Waals surface area contributed by atoms with Crippen LogP contribution in [0.4, 0.5) is 0 Å². The summed E-state index contributed by atoms with van der Waals surface area (Å²) in [5.41, 5.74) is 2.69. The first-order valence-corrected chi connectivity index (χ1v) is 5.25. The number of hydrogen-bond acceptors (Lipinski definition) is 1. The average Bonchev–Trinajstić information content (AvgIpc) is 2.51. The Balaban J connectivity index is 2.00. The minimum absolute atomic E-state index is 0.448. The number of thiocarbonyl (C=S) groups is 1. The summed E-state index contributed by atoms with van der Waals surface area (Å²) in [6.45, 7) is 3.06. The maximum atomic E-state index is 5.02. The smallest absolute Gasteiger partial charge is 0.166 e. The van der Waals surface area contributed by atoms with Crippen molar-refractivity contribution in [3.05, 3.63) is 35.4 Å². The van der Waals surface area contributed by atoms with Gasteiger partial charge in [-0.05, 0) is 31.1 Å². The standard InChI is InChI=1S/C11H14N2S/c1-8-3-2-4-9(5-8)6-10-7-12-11(14)13-10/h2-5,10H,6-7H2,1H3,(H2,12,13,14). The fourth-order valence-corrected chi connectivity index (χ4v) is 2.00. The summed E-state index contributed by atoms with van der Waals surface area (Å²) in [6, 6.07) is 9.06. The minimum Gasteiger partial charge on any atom is -0.361 e. The highest BCUT2D eigenvalue weighted by atomic mass is 32.1. The van der Waals surface area contributed by atoms with E-state index in [1.807, 2.05) is 0 Å². The molecule has 0 bridgehead atoms. The molecule has 2 rings (SSSR count). The lowest BCUT2D eigenvalue weighted by Crippen LogP contribution is -2.28. The molecule has 2 N–H and O–H groups in total. The third-order valence-electron chi connectivity index (χ3n) is 2.41. The second-order valence-corrected chi connectivity index (χ2v) is 4.15. The Hall–Kier alpha value is -1.09. The molecule has 0 radical (unpaired) electrons. The largest absolute Gasteiger partial charge is 0.361 e. The highest BCUT2D eigenvalue weighted by Crippen LogP contribution is 2.08. The van der Waals surface area contributed by atoms with Crippen LogP contribution in [0.5, 0.6) is 0 Å². The highest BCUT2D eigenvalue weighted by Gasteiger charge is 2.16. The van der Waals surface area contributed by atoms with Gasteiger partial charge < -0.3 is 10.6 Å². The van der Waals surface area contributed by atoms with Gasteiger partial charge in [0.15, 0.2) is 5.11 Å². The van der Waals surface area contributed by atoms with Crippen molar-refractivity contribution in [3.63, 3.8) is 0 Å². The lowest BCUT2D eigenvalue weighted by molar-refractivity contribution is 0.653. The zero-order valence-corrected chi connectivity index (χ0v) is 9.03. The molecule has 1 aliphatic rings. The quantitative estimate of drug-likeness (QED) is 0.715. The van der Waals surface area contributed by atoms with Crippen molar-refractivity contribution in [2.75, 3.05) is 6.54 Å². The average molecular weight is 206 g/mol. The first-order chi connectivity index (χ1) is 6.74. The molecule has 0 aromatic heterocycles. The predicted octanol–water partition coefficient (Wildman–Crippen LogP) is 1.38. The summed E-state index contributed by atoms with van der Waals surface area (Å²) in [7, 11) is 0. The SMILES string of the molecule is Cc1cccc(CC2CNC(=S)N2)c1. The van der Waals surface area contributed by atoms with Crippen LogP contribution in [-0.4, -0.2) is 17.7 Å². The third-order valence-corrected chi connectivity index (χ3v) is 2.67. The molecule has 74 valence electrons. The van der Waals surface area contributed by atoms with E-state index < -0.39 is 0 Å². The van der Waals surface area contributed by atoms with Crippen LogP contribution in [0, 0.1) is 6.92 Å². The van der Waals surface area contributed by atoms with Gasteiger partial charge in [-0.1, -0.05) is 29.8 Å². The molecular formula is C11H14N2S. The lowest BCUT2D eigenvalue weighted by Gasteiger charge is -2.09. The molecule has 2 nitrogen and oxygen atoms in total. The number of rotatable bonds is 2. The Labute approximate surface area is 89.7 Å². The fourth-order valence-electron chi connectivity index (χ4n) is 1.75. The van der Waals surface area contributed by atoms with Crippen molar-refractivity contribution in [1.82, 2.24) is 10.6 Å². The summed E-state index contributed by atoms with van der Waals surface area (Å²) < 4.78 is 0. The van der Waals surface area contributed by atoms with Gasteiger partial charge in [0.1, 0.15) is 0 Å². The van der Waals surface area contributed by atoms with E-state index in [2.05, 4.69) is 41.8 Å². The van der Waals surface area contributed by atoms with Crippen LogP contribution in [0.1, 0.15) is 11.1 Å². The van der Waals surface area contributed by atoms with Gasteiger partial charge in [0.2, 0.25) is 0 Å². The van der Waals surface area contributed by atoms with Crippen molar-refractivity contribution in [2.45, 2.75) is 19.4 Å². The summed E-state index contributed by atoms with van der Waals surface area (Å²) in [6.07, 6.45) is 1.04. The number of benzene rings is 1. The minimum atomic E-state index is 0.448. The summed E-state index contributed by atoms with van der Waals surface area (Å²) in [5.74, 6) is 0. The fraction of sp³-hybridized carbons (Fsp3) is 0.364. The first kappa shape index (κ1) is 9.46. The van der Waals surface area contributed by atoms with Crippen LogP contribution in [0.25, 0.3) is 0 Å². The van der Waals surface area contributed by atoms with Crippen LogP contribution in [0.2, 0.25) is 0 Å².